The molecule has 0 atom stereocenters. The van der Waals surface area contributed by atoms with Crippen LogP contribution in [0.2, 0.25) is 0 Å². The van der Waals surface area contributed by atoms with E-state index < -0.39 is 20.7 Å². The summed E-state index contributed by atoms with van der Waals surface area (Å²) in [6.07, 6.45) is 0. The first kappa shape index (κ1) is 12.8. The Morgan fingerprint density at radius 2 is 1.67 bits per heavy atom. The van der Waals surface area contributed by atoms with E-state index in [-0.39, 0.29) is 11.5 Å². The van der Waals surface area contributed by atoms with Crippen molar-refractivity contribution in [3.8, 4) is 0 Å². The van der Waals surface area contributed by atoms with Crippen LogP contribution in [-0.4, -0.2) is 24.9 Å². The Hall–Kier alpha value is -1.69. The Morgan fingerprint density at radius 3 is 2.06 bits per heavy atom. The van der Waals surface area contributed by atoms with Crippen molar-refractivity contribution in [2.45, 2.75) is 25.5 Å². The zero-order chi connectivity index (χ0) is 13.7. The quantitative estimate of drug-likeness (QED) is 0.758. The number of nitrogens with zero attached hydrogens (tertiary/aromatic N) is 1. The number of carbonyl (C=O) groups is 2. The van der Waals surface area contributed by atoms with E-state index in [4.69, 9.17) is 0 Å². The van der Waals surface area contributed by atoms with Gasteiger partial charge in [0.1, 0.15) is 0 Å². The highest BCUT2D eigenvalue weighted by molar-refractivity contribution is 7.98. The number of amides is 1. The summed E-state index contributed by atoms with van der Waals surface area (Å²) < 4.78 is 23.3. The highest BCUT2D eigenvalue weighted by Gasteiger charge is 2.60. The summed E-state index contributed by atoms with van der Waals surface area (Å²) in [5.74, 6) is -0.572. The van der Waals surface area contributed by atoms with Gasteiger partial charge in [-0.15, -0.1) is 0 Å². The second-order valence-electron chi connectivity index (χ2n) is 4.69. The first-order valence-corrected chi connectivity index (χ1v) is 6.84. The molecule has 1 heterocycles. The van der Waals surface area contributed by atoms with Gasteiger partial charge in [-0.25, -0.2) is 12.7 Å². The summed E-state index contributed by atoms with van der Waals surface area (Å²) >= 11 is 0. The van der Waals surface area contributed by atoms with Crippen molar-refractivity contribution < 1.29 is 18.0 Å². The average Bonchev–Trinajstić information content (AvgIpc) is 2.29. The van der Waals surface area contributed by atoms with Crippen molar-refractivity contribution in [2.75, 3.05) is 4.31 Å². The first-order chi connectivity index (χ1) is 8.19. The monoisotopic (exact) mass is 267 g/mol. The van der Waals surface area contributed by atoms with Gasteiger partial charge in [-0.05, 0) is 45.0 Å². The molecule has 96 valence electrons. The Balaban J connectivity index is 2.41. The number of rotatable bonds is 2. The smallest absolute Gasteiger partial charge is 0.263 e. The number of sulfonamides is 1. The summed E-state index contributed by atoms with van der Waals surface area (Å²) in [6, 6.07) is 5.93. The van der Waals surface area contributed by atoms with Crippen LogP contribution in [0.15, 0.2) is 24.3 Å². The Labute approximate surface area is 105 Å². The summed E-state index contributed by atoms with van der Waals surface area (Å²) in [4.78, 5) is 22.9. The van der Waals surface area contributed by atoms with Crippen LogP contribution in [0.25, 0.3) is 0 Å². The minimum Gasteiger partial charge on any atom is -0.295 e. The van der Waals surface area contributed by atoms with E-state index in [2.05, 4.69) is 0 Å². The fourth-order valence-corrected chi connectivity index (χ4v) is 3.22. The number of anilines is 1. The molecule has 0 radical (unpaired) electrons. The fourth-order valence-electron chi connectivity index (χ4n) is 1.74. The molecule has 1 aliphatic rings. The third-order valence-corrected chi connectivity index (χ3v) is 5.41. The zero-order valence-corrected chi connectivity index (χ0v) is 11.1. The second kappa shape index (κ2) is 3.65. The predicted molar refractivity (Wildman–Crippen MR) is 66.9 cm³/mol. The second-order valence-corrected chi connectivity index (χ2v) is 7.02. The van der Waals surface area contributed by atoms with Gasteiger partial charge in [-0.1, -0.05) is 0 Å². The normalized spacial score (nSPS) is 20.4. The number of carbonyl (C=O) groups excluding carboxylic acids is 2. The maximum Gasteiger partial charge on any atom is 0.263 e. The molecule has 1 aromatic rings. The molecular weight excluding hydrogens is 254 g/mol. The SMILES string of the molecule is CC(=O)c1ccc(N2C(=O)C(C)(C)S2(=O)=O)cc1. The lowest BCUT2D eigenvalue weighted by molar-refractivity contribution is -0.120. The van der Waals surface area contributed by atoms with Crippen molar-refractivity contribution in [3.63, 3.8) is 0 Å². The Bertz CT molecular complexity index is 629. The van der Waals surface area contributed by atoms with Crippen molar-refractivity contribution in [1.29, 1.82) is 0 Å². The standard InChI is InChI=1S/C12H13NO4S/c1-8(14)9-4-6-10(7-5-9)13-11(15)12(2,3)18(13,16)17/h4-7H,1-3H3. The largest absolute Gasteiger partial charge is 0.295 e. The van der Waals surface area contributed by atoms with Crippen molar-refractivity contribution in [2.24, 2.45) is 0 Å². The number of hydrogen-bond donors (Lipinski definition) is 0. The Morgan fingerprint density at radius 1 is 1.17 bits per heavy atom. The summed E-state index contributed by atoms with van der Waals surface area (Å²) in [5.41, 5.74) is 0.743. The van der Waals surface area contributed by atoms with E-state index in [1.165, 1.54) is 45.0 Å². The van der Waals surface area contributed by atoms with Crippen LogP contribution in [0.3, 0.4) is 0 Å². The third-order valence-electron chi connectivity index (χ3n) is 3.09. The van der Waals surface area contributed by atoms with E-state index >= 15 is 0 Å². The molecule has 5 nitrogen and oxygen atoms in total. The highest BCUT2D eigenvalue weighted by Crippen LogP contribution is 2.38. The van der Waals surface area contributed by atoms with E-state index in [1.807, 2.05) is 0 Å². The van der Waals surface area contributed by atoms with E-state index in [0.29, 0.717) is 5.56 Å². The first-order valence-electron chi connectivity index (χ1n) is 5.40. The van der Waals surface area contributed by atoms with Crippen molar-refractivity contribution >= 4 is 27.4 Å². The third kappa shape index (κ3) is 1.49. The van der Waals surface area contributed by atoms with Crippen LogP contribution < -0.4 is 4.31 Å². The van der Waals surface area contributed by atoms with Gasteiger partial charge in [-0.2, -0.15) is 0 Å². The van der Waals surface area contributed by atoms with Crippen LogP contribution in [0, 0.1) is 0 Å². The van der Waals surface area contributed by atoms with Crippen molar-refractivity contribution in [3.05, 3.63) is 29.8 Å². The summed E-state index contributed by atoms with van der Waals surface area (Å²) in [6.45, 7) is 4.18. The minimum atomic E-state index is -3.64. The molecule has 0 aromatic heterocycles. The lowest BCUT2D eigenvalue weighted by atomic mass is 10.1. The Kier molecular flexibility index (Phi) is 2.59. The van der Waals surface area contributed by atoms with Crippen LogP contribution in [-0.2, 0) is 14.8 Å². The zero-order valence-electron chi connectivity index (χ0n) is 10.3. The molecule has 0 aliphatic carbocycles. The lowest BCUT2D eigenvalue weighted by Crippen LogP contribution is -2.67. The van der Waals surface area contributed by atoms with E-state index in [0.717, 1.165) is 4.31 Å². The molecule has 0 N–H and O–H groups in total. The van der Waals surface area contributed by atoms with Crippen LogP contribution in [0.4, 0.5) is 5.69 Å². The average molecular weight is 267 g/mol. The fraction of sp³-hybridized carbons (Fsp3) is 0.333. The van der Waals surface area contributed by atoms with Gasteiger partial charge < -0.3 is 0 Å². The van der Waals surface area contributed by atoms with Crippen LogP contribution in [0.1, 0.15) is 31.1 Å². The molecule has 6 heteroatoms. The topological polar surface area (TPSA) is 71.5 Å². The van der Waals surface area contributed by atoms with Gasteiger partial charge in [-0.3, -0.25) is 9.59 Å². The molecule has 18 heavy (non-hydrogen) atoms. The molecule has 1 aromatic carbocycles. The molecule has 0 bridgehead atoms. The molecule has 2 rings (SSSR count). The molecule has 1 saturated heterocycles. The molecule has 1 aliphatic heterocycles. The molecule has 1 fully saturated rings. The summed E-state index contributed by atoms with van der Waals surface area (Å²) in [7, 11) is -3.64. The number of benzene rings is 1. The van der Waals surface area contributed by atoms with Crippen LogP contribution in [0.5, 0.6) is 0 Å². The molecule has 1 amide bonds. The molecule has 0 saturated carbocycles. The van der Waals surface area contributed by atoms with Gasteiger partial charge in [0.05, 0.1) is 5.69 Å². The highest BCUT2D eigenvalue weighted by atomic mass is 32.2. The predicted octanol–water partition coefficient (Wildman–Crippen LogP) is 1.34. The lowest BCUT2D eigenvalue weighted by Gasteiger charge is -2.42. The van der Waals surface area contributed by atoms with Gasteiger partial charge in [0.2, 0.25) is 0 Å². The number of ketones is 1. The molecular formula is C12H13NO4S. The molecule has 0 unspecified atom stereocenters. The van der Waals surface area contributed by atoms with Gasteiger partial charge in [0.25, 0.3) is 15.9 Å². The molecule has 0 spiro atoms. The van der Waals surface area contributed by atoms with Crippen LogP contribution >= 0.6 is 0 Å². The maximum absolute atomic E-state index is 11.9. The van der Waals surface area contributed by atoms with Gasteiger partial charge in [0, 0.05) is 5.56 Å². The van der Waals surface area contributed by atoms with E-state index in [1.54, 1.807) is 0 Å². The van der Waals surface area contributed by atoms with Gasteiger partial charge in [0.15, 0.2) is 10.5 Å². The van der Waals surface area contributed by atoms with Gasteiger partial charge >= 0.3 is 0 Å². The maximum atomic E-state index is 11.9. The number of Topliss-reactive ketones (excluding diaryl/α,β-unsaturated/α-hetero) is 1. The van der Waals surface area contributed by atoms with E-state index in [9.17, 15) is 18.0 Å². The minimum absolute atomic E-state index is 0.111. The van der Waals surface area contributed by atoms with Crippen molar-refractivity contribution in [1.82, 2.24) is 0 Å². The number of hydrogen-bond acceptors (Lipinski definition) is 4. The summed E-state index contributed by atoms with van der Waals surface area (Å²) in [5, 5.41) is 0.